The fraction of sp³-hybridized carbons (Fsp3) is 0.227. The van der Waals surface area contributed by atoms with Gasteiger partial charge in [0.2, 0.25) is 0 Å². The number of benzene rings is 2. The molecule has 27 heavy (non-hydrogen) atoms. The Morgan fingerprint density at radius 3 is 2.59 bits per heavy atom. The van der Waals surface area contributed by atoms with Gasteiger partial charge in [-0.15, -0.1) is 0 Å². The first-order chi connectivity index (χ1) is 13.0. The molecule has 0 saturated carbocycles. The van der Waals surface area contributed by atoms with E-state index in [1.165, 1.54) is 0 Å². The van der Waals surface area contributed by atoms with Crippen molar-refractivity contribution in [2.75, 3.05) is 13.6 Å². The van der Waals surface area contributed by atoms with E-state index in [9.17, 15) is 4.79 Å². The monoisotopic (exact) mass is 358 g/mol. The van der Waals surface area contributed by atoms with E-state index < -0.39 is 0 Å². The van der Waals surface area contributed by atoms with Crippen molar-refractivity contribution in [2.24, 2.45) is 0 Å². The summed E-state index contributed by atoms with van der Waals surface area (Å²) in [5.41, 5.74) is 5.26. The van der Waals surface area contributed by atoms with Crippen molar-refractivity contribution in [3.05, 3.63) is 71.4 Å². The first kappa shape index (κ1) is 18.4. The summed E-state index contributed by atoms with van der Waals surface area (Å²) < 4.78 is 1.74. The Balaban J connectivity index is 2.11. The average Bonchev–Trinajstić information content (AvgIpc) is 3.11. The first-order valence-corrected chi connectivity index (χ1v) is 8.86. The van der Waals surface area contributed by atoms with Crippen molar-refractivity contribution in [2.45, 2.75) is 20.3 Å². The third-order valence-corrected chi connectivity index (χ3v) is 4.51. The summed E-state index contributed by atoms with van der Waals surface area (Å²) in [5.74, 6) is -0.137. The highest BCUT2D eigenvalue weighted by Crippen LogP contribution is 2.28. The second kappa shape index (κ2) is 7.88. The molecule has 0 saturated heterocycles. The summed E-state index contributed by atoms with van der Waals surface area (Å²) in [7, 11) is 1.71. The van der Waals surface area contributed by atoms with Gasteiger partial charge in [0, 0.05) is 25.4 Å². The van der Waals surface area contributed by atoms with Crippen molar-refractivity contribution in [3.8, 4) is 23.0 Å². The van der Waals surface area contributed by atoms with Gasteiger partial charge in [0.1, 0.15) is 5.69 Å². The van der Waals surface area contributed by atoms with Gasteiger partial charge in [-0.1, -0.05) is 42.0 Å². The summed E-state index contributed by atoms with van der Waals surface area (Å²) in [6, 6.07) is 17.9. The third kappa shape index (κ3) is 3.90. The standard InChI is InChI=1S/C22H22N4O/c1-16-10-11-19(17(2)14-16)21-20(22(27)25(3)13-7-12-23)15-26(24-21)18-8-5-4-6-9-18/h4-6,8-11,14-15H,7,13H2,1-3H3. The molecule has 3 rings (SSSR count). The van der Waals surface area contributed by atoms with E-state index in [2.05, 4.69) is 12.1 Å². The summed E-state index contributed by atoms with van der Waals surface area (Å²) >= 11 is 0. The van der Waals surface area contributed by atoms with Crippen molar-refractivity contribution in [1.82, 2.24) is 14.7 Å². The van der Waals surface area contributed by atoms with E-state index in [0.29, 0.717) is 24.2 Å². The minimum atomic E-state index is -0.137. The van der Waals surface area contributed by atoms with Gasteiger partial charge in [-0.05, 0) is 31.5 Å². The summed E-state index contributed by atoms with van der Waals surface area (Å²) in [6.07, 6.45) is 2.07. The van der Waals surface area contributed by atoms with E-state index in [-0.39, 0.29) is 5.91 Å². The summed E-state index contributed by atoms with van der Waals surface area (Å²) in [6.45, 7) is 4.46. The van der Waals surface area contributed by atoms with Crippen molar-refractivity contribution < 1.29 is 4.79 Å². The molecule has 2 aromatic carbocycles. The van der Waals surface area contributed by atoms with Crippen LogP contribution in [0.25, 0.3) is 16.9 Å². The van der Waals surface area contributed by atoms with E-state index in [0.717, 1.165) is 22.4 Å². The maximum atomic E-state index is 13.0. The Labute approximate surface area is 159 Å². The number of nitrogens with zero attached hydrogens (tertiary/aromatic N) is 4. The molecule has 0 unspecified atom stereocenters. The molecule has 0 aliphatic rings. The van der Waals surface area contributed by atoms with Crippen LogP contribution >= 0.6 is 0 Å². The molecule has 0 radical (unpaired) electrons. The van der Waals surface area contributed by atoms with Crippen molar-refractivity contribution in [1.29, 1.82) is 5.26 Å². The van der Waals surface area contributed by atoms with Crippen LogP contribution < -0.4 is 0 Å². The van der Waals surface area contributed by atoms with Gasteiger partial charge in [0.15, 0.2) is 0 Å². The summed E-state index contributed by atoms with van der Waals surface area (Å²) in [4.78, 5) is 14.6. The maximum Gasteiger partial charge on any atom is 0.257 e. The lowest BCUT2D eigenvalue weighted by molar-refractivity contribution is 0.0798. The number of aryl methyl sites for hydroxylation is 2. The second-order valence-corrected chi connectivity index (χ2v) is 6.62. The second-order valence-electron chi connectivity index (χ2n) is 6.62. The highest BCUT2D eigenvalue weighted by molar-refractivity contribution is 6.00. The normalized spacial score (nSPS) is 10.4. The lowest BCUT2D eigenvalue weighted by atomic mass is 10.0. The Kier molecular flexibility index (Phi) is 5.37. The van der Waals surface area contributed by atoms with Crippen LogP contribution in [0.3, 0.4) is 0 Å². The fourth-order valence-corrected chi connectivity index (χ4v) is 3.05. The minimum absolute atomic E-state index is 0.137. The fourth-order valence-electron chi connectivity index (χ4n) is 3.05. The topological polar surface area (TPSA) is 61.9 Å². The van der Waals surface area contributed by atoms with Gasteiger partial charge >= 0.3 is 0 Å². The molecule has 1 heterocycles. The zero-order chi connectivity index (χ0) is 19.4. The van der Waals surface area contributed by atoms with E-state index >= 15 is 0 Å². The van der Waals surface area contributed by atoms with Gasteiger partial charge in [0.05, 0.1) is 23.7 Å². The van der Waals surface area contributed by atoms with Crippen LogP contribution in [0.15, 0.2) is 54.7 Å². The van der Waals surface area contributed by atoms with Crippen LogP contribution in [0, 0.1) is 25.2 Å². The highest BCUT2D eigenvalue weighted by atomic mass is 16.2. The number of rotatable bonds is 5. The van der Waals surface area contributed by atoms with Crippen LogP contribution in [0.4, 0.5) is 0 Å². The van der Waals surface area contributed by atoms with Gasteiger partial charge in [-0.3, -0.25) is 4.79 Å². The summed E-state index contributed by atoms with van der Waals surface area (Å²) in [5, 5.41) is 13.5. The van der Waals surface area contributed by atoms with E-state index in [4.69, 9.17) is 10.4 Å². The number of aromatic nitrogens is 2. The molecule has 3 aromatic rings. The van der Waals surface area contributed by atoms with Gasteiger partial charge in [-0.2, -0.15) is 10.4 Å². The molecular weight excluding hydrogens is 336 g/mol. The van der Waals surface area contributed by atoms with Crippen molar-refractivity contribution >= 4 is 5.91 Å². The van der Waals surface area contributed by atoms with Crippen LogP contribution in [0.5, 0.6) is 0 Å². The Morgan fingerprint density at radius 2 is 1.93 bits per heavy atom. The highest BCUT2D eigenvalue weighted by Gasteiger charge is 2.22. The molecule has 0 atom stereocenters. The first-order valence-electron chi connectivity index (χ1n) is 8.86. The molecule has 136 valence electrons. The smallest absolute Gasteiger partial charge is 0.257 e. The largest absolute Gasteiger partial charge is 0.341 e. The number of hydrogen-bond donors (Lipinski definition) is 0. The Morgan fingerprint density at radius 1 is 1.19 bits per heavy atom. The SMILES string of the molecule is Cc1ccc(-c2nn(-c3ccccc3)cc2C(=O)N(C)CCC#N)c(C)c1. The number of amides is 1. The number of hydrogen-bond acceptors (Lipinski definition) is 3. The minimum Gasteiger partial charge on any atom is -0.341 e. The van der Waals surface area contributed by atoms with Gasteiger partial charge in [0.25, 0.3) is 5.91 Å². The molecule has 0 aliphatic heterocycles. The lowest BCUT2D eigenvalue weighted by Crippen LogP contribution is -2.27. The molecule has 5 nitrogen and oxygen atoms in total. The molecule has 0 spiro atoms. The van der Waals surface area contributed by atoms with Gasteiger partial charge in [-0.25, -0.2) is 4.68 Å². The van der Waals surface area contributed by atoms with Gasteiger partial charge < -0.3 is 4.90 Å². The average molecular weight is 358 g/mol. The number of carbonyl (C=O) groups excluding carboxylic acids is 1. The molecule has 0 N–H and O–H groups in total. The molecule has 0 bridgehead atoms. The van der Waals surface area contributed by atoms with E-state index in [1.54, 1.807) is 22.8 Å². The zero-order valence-corrected chi connectivity index (χ0v) is 15.8. The number of nitriles is 1. The Bertz CT molecular complexity index is 999. The molecular formula is C22H22N4O. The maximum absolute atomic E-state index is 13.0. The van der Waals surface area contributed by atoms with Crippen LogP contribution in [0.2, 0.25) is 0 Å². The predicted octanol–water partition coefficient (Wildman–Crippen LogP) is 4.14. The molecule has 1 aromatic heterocycles. The van der Waals surface area contributed by atoms with E-state index in [1.807, 2.05) is 56.3 Å². The molecule has 0 aliphatic carbocycles. The number of carbonyl (C=O) groups is 1. The zero-order valence-electron chi connectivity index (χ0n) is 15.8. The number of para-hydroxylation sites is 1. The molecule has 5 heteroatoms. The molecule has 0 fully saturated rings. The van der Waals surface area contributed by atoms with Crippen LogP contribution in [-0.4, -0.2) is 34.2 Å². The predicted molar refractivity (Wildman–Crippen MR) is 106 cm³/mol. The van der Waals surface area contributed by atoms with Crippen LogP contribution in [0.1, 0.15) is 27.9 Å². The van der Waals surface area contributed by atoms with Crippen LogP contribution in [-0.2, 0) is 0 Å². The third-order valence-electron chi connectivity index (χ3n) is 4.51. The molecule has 1 amide bonds. The van der Waals surface area contributed by atoms with Crippen molar-refractivity contribution in [3.63, 3.8) is 0 Å². The quantitative estimate of drug-likeness (QED) is 0.688. The lowest BCUT2D eigenvalue weighted by Gasteiger charge is -2.15. The Hall–Kier alpha value is -3.39.